The Bertz CT molecular complexity index is 1190. The molecule has 8 heteroatoms. The van der Waals surface area contributed by atoms with Crippen LogP contribution >= 0.6 is 11.3 Å². The molecule has 0 unspecified atom stereocenters. The Hall–Kier alpha value is -3.26. The first-order chi connectivity index (χ1) is 15.5. The van der Waals surface area contributed by atoms with Gasteiger partial charge in [-0.25, -0.2) is 9.78 Å². The number of anilines is 1. The summed E-state index contributed by atoms with van der Waals surface area (Å²) in [7, 11) is 0. The van der Waals surface area contributed by atoms with E-state index in [1.807, 2.05) is 49.4 Å². The Kier molecular flexibility index (Phi) is 5.17. The minimum absolute atomic E-state index is 0.0613. The summed E-state index contributed by atoms with van der Waals surface area (Å²) in [5, 5.41) is 6.57. The number of nitrogens with one attached hydrogen (secondary N) is 2. The number of amides is 4. The van der Waals surface area contributed by atoms with Gasteiger partial charge in [0, 0.05) is 11.3 Å². The third kappa shape index (κ3) is 3.54. The molecule has 2 aromatic carbocycles. The fourth-order valence-corrected chi connectivity index (χ4v) is 5.67. The zero-order valence-electron chi connectivity index (χ0n) is 17.8. The number of imide groups is 1. The van der Waals surface area contributed by atoms with Crippen LogP contribution in [0, 0.1) is 5.92 Å². The Morgan fingerprint density at radius 1 is 1.22 bits per heavy atom. The molecular weight excluding hydrogens is 424 g/mol. The van der Waals surface area contributed by atoms with Gasteiger partial charge in [0.2, 0.25) is 5.91 Å². The van der Waals surface area contributed by atoms with Gasteiger partial charge in [0.1, 0.15) is 17.1 Å². The molecule has 1 aromatic heterocycles. The van der Waals surface area contributed by atoms with Crippen molar-refractivity contribution in [3.8, 4) is 10.6 Å². The molecule has 32 heavy (non-hydrogen) atoms. The number of rotatable bonds is 4. The molecule has 1 spiro atoms. The molecule has 2 heterocycles. The molecule has 2 aliphatic rings. The number of aromatic nitrogens is 1. The number of fused-ring (bicyclic) bond motifs is 1. The molecule has 1 aliphatic carbocycles. The van der Waals surface area contributed by atoms with Gasteiger partial charge in [-0.2, -0.15) is 0 Å². The van der Waals surface area contributed by atoms with Crippen LogP contribution in [-0.4, -0.2) is 39.8 Å². The number of thiazole rings is 1. The van der Waals surface area contributed by atoms with Crippen LogP contribution in [-0.2, 0) is 9.59 Å². The average molecular weight is 449 g/mol. The molecule has 164 valence electrons. The number of benzene rings is 2. The van der Waals surface area contributed by atoms with Gasteiger partial charge >= 0.3 is 6.03 Å². The Morgan fingerprint density at radius 2 is 2.06 bits per heavy atom. The highest BCUT2D eigenvalue weighted by Crippen LogP contribution is 2.38. The number of carbonyl (C=O) groups is 3. The first kappa shape index (κ1) is 20.6. The Morgan fingerprint density at radius 3 is 2.88 bits per heavy atom. The minimum atomic E-state index is -0.859. The lowest BCUT2D eigenvalue weighted by molar-refractivity contribution is -0.136. The maximum Gasteiger partial charge on any atom is 0.325 e. The van der Waals surface area contributed by atoms with Crippen molar-refractivity contribution in [3.63, 3.8) is 0 Å². The topological polar surface area (TPSA) is 91.4 Å². The van der Waals surface area contributed by atoms with E-state index < -0.39 is 17.5 Å². The van der Waals surface area contributed by atoms with E-state index in [9.17, 15) is 14.4 Å². The molecule has 1 saturated carbocycles. The van der Waals surface area contributed by atoms with Crippen molar-refractivity contribution in [3.05, 3.63) is 48.5 Å². The highest BCUT2D eigenvalue weighted by atomic mass is 32.1. The van der Waals surface area contributed by atoms with Gasteiger partial charge in [0.05, 0.1) is 10.2 Å². The van der Waals surface area contributed by atoms with E-state index in [2.05, 4.69) is 15.6 Å². The van der Waals surface area contributed by atoms with Crippen LogP contribution in [0.25, 0.3) is 20.8 Å². The molecule has 2 N–H and O–H groups in total. The summed E-state index contributed by atoms with van der Waals surface area (Å²) in [5.41, 5.74) is 1.57. The van der Waals surface area contributed by atoms with E-state index >= 15 is 0 Å². The molecule has 4 amide bonds. The third-order valence-electron chi connectivity index (χ3n) is 6.49. The summed E-state index contributed by atoms with van der Waals surface area (Å²) in [5.74, 6) is -0.630. The summed E-state index contributed by atoms with van der Waals surface area (Å²) in [6, 6.07) is 14.9. The van der Waals surface area contributed by atoms with Crippen molar-refractivity contribution in [2.75, 3.05) is 11.9 Å². The number of carbonyl (C=O) groups excluding carboxylic acids is 3. The molecule has 5 rings (SSSR count). The van der Waals surface area contributed by atoms with E-state index in [1.165, 1.54) is 0 Å². The van der Waals surface area contributed by atoms with Gasteiger partial charge in [0.25, 0.3) is 5.91 Å². The maximum atomic E-state index is 13.1. The van der Waals surface area contributed by atoms with Crippen LogP contribution in [0.1, 0.15) is 32.6 Å². The van der Waals surface area contributed by atoms with Gasteiger partial charge in [0.15, 0.2) is 0 Å². The smallest absolute Gasteiger partial charge is 0.325 e. The summed E-state index contributed by atoms with van der Waals surface area (Å²) in [4.78, 5) is 44.0. The molecular formula is C24H24N4O3S. The van der Waals surface area contributed by atoms with Crippen LogP contribution in [0.4, 0.5) is 10.5 Å². The highest BCUT2D eigenvalue weighted by Gasteiger charge is 2.55. The van der Waals surface area contributed by atoms with Gasteiger partial charge in [-0.15, -0.1) is 11.3 Å². The first-order valence-electron chi connectivity index (χ1n) is 10.9. The summed E-state index contributed by atoms with van der Waals surface area (Å²) >= 11 is 1.59. The zero-order valence-corrected chi connectivity index (χ0v) is 18.6. The second kappa shape index (κ2) is 8.02. The van der Waals surface area contributed by atoms with Gasteiger partial charge in [-0.1, -0.05) is 44.0 Å². The SMILES string of the molecule is C[C@H]1CCCC[C@]12NC(=O)N(CC(=O)Nc1cccc(-c3nc4ccccc4s3)c1)C2=O. The first-order valence-corrected chi connectivity index (χ1v) is 11.7. The van der Waals surface area contributed by atoms with Crippen LogP contribution in [0.3, 0.4) is 0 Å². The standard InChI is InChI=1S/C24H24N4O3S/c1-15-7-4-5-12-24(15)22(30)28(23(31)27-24)14-20(29)25-17-9-6-8-16(13-17)21-26-18-10-2-3-11-19(18)32-21/h2-3,6,8-11,13,15H,4-5,7,12,14H2,1H3,(H,25,29)(H,27,31)/t15-,24-/m0/s1. The molecule has 2 atom stereocenters. The quantitative estimate of drug-likeness (QED) is 0.579. The lowest BCUT2D eigenvalue weighted by Gasteiger charge is -2.36. The monoisotopic (exact) mass is 448 g/mol. The van der Waals surface area contributed by atoms with E-state index in [0.29, 0.717) is 12.1 Å². The van der Waals surface area contributed by atoms with E-state index in [4.69, 9.17) is 0 Å². The largest absolute Gasteiger partial charge is 0.325 e. The minimum Gasteiger partial charge on any atom is -0.325 e. The van der Waals surface area contributed by atoms with Crippen LogP contribution in [0.2, 0.25) is 0 Å². The number of hydrogen-bond donors (Lipinski definition) is 2. The zero-order chi connectivity index (χ0) is 22.3. The molecule has 0 radical (unpaired) electrons. The normalized spacial score (nSPS) is 23.0. The lowest BCUT2D eigenvalue weighted by Crippen LogP contribution is -2.54. The van der Waals surface area contributed by atoms with E-state index in [1.54, 1.807) is 17.4 Å². The number of nitrogens with zero attached hydrogens (tertiary/aromatic N) is 2. The van der Waals surface area contributed by atoms with Crippen molar-refractivity contribution in [1.29, 1.82) is 0 Å². The Balaban J connectivity index is 1.30. The predicted octanol–water partition coefficient (Wildman–Crippen LogP) is 4.40. The van der Waals surface area contributed by atoms with Crippen LogP contribution in [0.15, 0.2) is 48.5 Å². The number of para-hydroxylation sites is 1. The number of urea groups is 1. The summed E-state index contributed by atoms with van der Waals surface area (Å²) in [6.45, 7) is 1.69. The molecule has 3 aromatic rings. The molecule has 1 saturated heterocycles. The molecule has 0 bridgehead atoms. The maximum absolute atomic E-state index is 13.1. The summed E-state index contributed by atoms with van der Waals surface area (Å²) in [6.07, 6.45) is 3.47. The molecule has 2 fully saturated rings. The predicted molar refractivity (Wildman–Crippen MR) is 124 cm³/mol. The van der Waals surface area contributed by atoms with Crippen molar-refractivity contribution in [2.45, 2.75) is 38.1 Å². The highest BCUT2D eigenvalue weighted by molar-refractivity contribution is 7.21. The average Bonchev–Trinajstić information content (AvgIpc) is 3.32. The third-order valence-corrected chi connectivity index (χ3v) is 7.58. The van der Waals surface area contributed by atoms with Gasteiger partial charge < -0.3 is 10.6 Å². The van der Waals surface area contributed by atoms with Crippen molar-refractivity contribution in [2.24, 2.45) is 5.92 Å². The van der Waals surface area contributed by atoms with Gasteiger partial charge in [-0.3, -0.25) is 14.5 Å². The van der Waals surface area contributed by atoms with E-state index in [-0.39, 0.29) is 18.4 Å². The van der Waals surface area contributed by atoms with Crippen molar-refractivity contribution < 1.29 is 14.4 Å². The number of hydrogen-bond acceptors (Lipinski definition) is 5. The van der Waals surface area contributed by atoms with Crippen LogP contribution < -0.4 is 10.6 Å². The van der Waals surface area contributed by atoms with Crippen molar-refractivity contribution >= 4 is 45.1 Å². The second-order valence-corrected chi connectivity index (χ2v) is 9.59. The molecule has 1 aliphatic heterocycles. The van der Waals surface area contributed by atoms with E-state index in [0.717, 1.165) is 45.0 Å². The fraction of sp³-hybridized carbons (Fsp3) is 0.333. The summed E-state index contributed by atoms with van der Waals surface area (Å²) < 4.78 is 1.10. The fourth-order valence-electron chi connectivity index (χ4n) is 4.71. The second-order valence-electron chi connectivity index (χ2n) is 8.56. The van der Waals surface area contributed by atoms with Crippen LogP contribution in [0.5, 0.6) is 0 Å². The van der Waals surface area contributed by atoms with Gasteiger partial charge in [-0.05, 0) is 43.0 Å². The molecule has 7 nitrogen and oxygen atoms in total. The van der Waals surface area contributed by atoms with Crippen molar-refractivity contribution in [1.82, 2.24) is 15.2 Å². The Labute approximate surface area is 189 Å². The lowest BCUT2D eigenvalue weighted by atomic mass is 9.73.